The zero-order valence-corrected chi connectivity index (χ0v) is 10.4. The Bertz CT molecular complexity index is 209. The van der Waals surface area contributed by atoms with Crippen LogP contribution in [0.4, 0.5) is 0 Å². The van der Waals surface area contributed by atoms with Gasteiger partial charge in [-0.25, -0.2) is 0 Å². The first-order valence-electron chi connectivity index (χ1n) is 5.75. The zero-order chi connectivity index (χ0) is 12.8. The zero-order valence-electron chi connectivity index (χ0n) is 10.4. The number of aliphatic hydroxyl groups is 2. The van der Waals surface area contributed by atoms with E-state index in [9.17, 15) is 15.0 Å². The van der Waals surface area contributed by atoms with Gasteiger partial charge in [0, 0.05) is 0 Å². The fourth-order valence-electron chi connectivity index (χ4n) is 1.30. The van der Waals surface area contributed by atoms with Crippen molar-refractivity contribution in [3.63, 3.8) is 0 Å². The number of hydrogen-bond acceptors (Lipinski definition) is 4. The van der Waals surface area contributed by atoms with Gasteiger partial charge >= 0.3 is 0 Å². The molecule has 0 saturated heterocycles. The molecule has 0 aliphatic carbocycles. The van der Waals surface area contributed by atoms with Crippen LogP contribution in [-0.2, 0) is 4.79 Å². The molecule has 0 aromatic heterocycles. The molecule has 0 unspecified atom stereocenters. The van der Waals surface area contributed by atoms with Crippen LogP contribution in [0.3, 0.4) is 0 Å². The van der Waals surface area contributed by atoms with Gasteiger partial charge in [0.05, 0.1) is 24.8 Å². The SMILES string of the molecule is CC[C@H](C)[C@H](N)C(=O)NC(CC)(CO)CO. The van der Waals surface area contributed by atoms with Gasteiger partial charge in [-0.3, -0.25) is 4.79 Å². The summed E-state index contributed by atoms with van der Waals surface area (Å²) in [6.07, 6.45) is 1.27. The second kappa shape index (κ2) is 6.83. The lowest BCUT2D eigenvalue weighted by molar-refractivity contribution is -0.126. The fourth-order valence-corrected chi connectivity index (χ4v) is 1.30. The topological polar surface area (TPSA) is 95.6 Å². The molecule has 96 valence electrons. The van der Waals surface area contributed by atoms with Crippen LogP contribution in [0.15, 0.2) is 0 Å². The smallest absolute Gasteiger partial charge is 0.237 e. The predicted molar refractivity (Wildman–Crippen MR) is 62.8 cm³/mol. The number of nitrogens with two attached hydrogens (primary N) is 1. The van der Waals surface area contributed by atoms with E-state index in [0.29, 0.717) is 6.42 Å². The summed E-state index contributed by atoms with van der Waals surface area (Å²) in [5.74, 6) is -0.244. The molecule has 0 heterocycles. The maximum atomic E-state index is 11.8. The third-order valence-electron chi connectivity index (χ3n) is 3.23. The van der Waals surface area contributed by atoms with Gasteiger partial charge in [-0.15, -0.1) is 0 Å². The number of hydrogen-bond donors (Lipinski definition) is 4. The van der Waals surface area contributed by atoms with E-state index in [2.05, 4.69) is 5.32 Å². The van der Waals surface area contributed by atoms with E-state index in [0.717, 1.165) is 6.42 Å². The van der Waals surface area contributed by atoms with E-state index in [1.165, 1.54) is 0 Å². The molecule has 5 nitrogen and oxygen atoms in total. The van der Waals surface area contributed by atoms with Crippen molar-refractivity contribution in [2.24, 2.45) is 11.7 Å². The molecule has 0 rings (SSSR count). The van der Waals surface area contributed by atoms with Crippen LogP contribution in [0, 0.1) is 5.92 Å². The number of rotatable bonds is 7. The van der Waals surface area contributed by atoms with E-state index in [4.69, 9.17) is 5.73 Å². The maximum absolute atomic E-state index is 11.8. The molecule has 16 heavy (non-hydrogen) atoms. The van der Waals surface area contributed by atoms with Crippen molar-refractivity contribution >= 4 is 5.91 Å². The molecule has 0 aliphatic heterocycles. The van der Waals surface area contributed by atoms with Crippen molar-refractivity contribution in [3.8, 4) is 0 Å². The van der Waals surface area contributed by atoms with Gasteiger partial charge in [0.25, 0.3) is 0 Å². The summed E-state index contributed by atoms with van der Waals surface area (Å²) < 4.78 is 0. The van der Waals surface area contributed by atoms with Crippen LogP contribution in [0.1, 0.15) is 33.6 Å². The molecule has 0 radical (unpaired) electrons. The monoisotopic (exact) mass is 232 g/mol. The Balaban J connectivity index is 4.52. The first-order valence-corrected chi connectivity index (χ1v) is 5.75. The number of carbonyl (C=O) groups excluding carboxylic acids is 1. The Hall–Kier alpha value is -0.650. The average Bonchev–Trinajstić information content (AvgIpc) is 2.33. The van der Waals surface area contributed by atoms with Gasteiger partial charge < -0.3 is 21.3 Å². The van der Waals surface area contributed by atoms with Gasteiger partial charge in [0.15, 0.2) is 0 Å². The molecule has 1 amide bonds. The van der Waals surface area contributed by atoms with E-state index in [1.807, 2.05) is 13.8 Å². The lowest BCUT2D eigenvalue weighted by Gasteiger charge is -2.31. The molecule has 0 bridgehead atoms. The number of nitrogens with one attached hydrogen (secondary N) is 1. The van der Waals surface area contributed by atoms with Crippen LogP contribution >= 0.6 is 0 Å². The number of aliphatic hydroxyl groups excluding tert-OH is 2. The highest BCUT2D eigenvalue weighted by molar-refractivity contribution is 5.82. The minimum atomic E-state index is -0.956. The van der Waals surface area contributed by atoms with Gasteiger partial charge in [0.2, 0.25) is 5.91 Å². The summed E-state index contributed by atoms with van der Waals surface area (Å²) in [6.45, 7) is 5.07. The second-order valence-electron chi connectivity index (χ2n) is 4.35. The second-order valence-corrected chi connectivity index (χ2v) is 4.35. The summed E-state index contributed by atoms with van der Waals surface area (Å²) in [5, 5.41) is 21.0. The predicted octanol–water partition coefficient (Wildman–Crippen LogP) is -0.391. The molecular weight excluding hydrogens is 208 g/mol. The van der Waals surface area contributed by atoms with Crippen LogP contribution in [0.25, 0.3) is 0 Å². The molecule has 0 spiro atoms. The highest BCUT2D eigenvalue weighted by Gasteiger charge is 2.31. The molecule has 0 saturated carbocycles. The van der Waals surface area contributed by atoms with Gasteiger partial charge in [0.1, 0.15) is 0 Å². The van der Waals surface area contributed by atoms with Crippen molar-refractivity contribution in [2.45, 2.75) is 45.2 Å². The normalized spacial score (nSPS) is 15.6. The van der Waals surface area contributed by atoms with Crippen molar-refractivity contribution in [3.05, 3.63) is 0 Å². The molecule has 5 N–H and O–H groups in total. The summed E-state index contributed by atoms with van der Waals surface area (Å²) in [5.41, 5.74) is 4.81. The number of amides is 1. The standard InChI is InChI=1S/C11H24N2O3/c1-4-8(3)9(12)10(16)13-11(5-2,6-14)7-15/h8-9,14-15H,4-7,12H2,1-3H3,(H,13,16)/t8-,9-/m0/s1. The van der Waals surface area contributed by atoms with Gasteiger partial charge in [-0.1, -0.05) is 27.2 Å². The minimum Gasteiger partial charge on any atom is -0.394 e. The average molecular weight is 232 g/mol. The van der Waals surface area contributed by atoms with Crippen molar-refractivity contribution < 1.29 is 15.0 Å². The van der Waals surface area contributed by atoms with Crippen molar-refractivity contribution in [1.82, 2.24) is 5.32 Å². The summed E-state index contributed by atoms with van der Waals surface area (Å²) in [4.78, 5) is 11.8. The fraction of sp³-hybridized carbons (Fsp3) is 0.909. The Labute approximate surface area is 97.0 Å². The summed E-state index contributed by atoms with van der Waals surface area (Å²) in [7, 11) is 0. The Morgan fingerprint density at radius 2 is 1.88 bits per heavy atom. The molecular formula is C11H24N2O3. The molecule has 5 heteroatoms. The largest absolute Gasteiger partial charge is 0.394 e. The Kier molecular flexibility index (Phi) is 6.55. The van der Waals surface area contributed by atoms with Gasteiger partial charge in [-0.2, -0.15) is 0 Å². The van der Waals surface area contributed by atoms with Crippen molar-refractivity contribution in [2.75, 3.05) is 13.2 Å². The Morgan fingerprint density at radius 3 is 2.19 bits per heavy atom. The molecule has 2 atom stereocenters. The van der Waals surface area contributed by atoms with Crippen molar-refractivity contribution in [1.29, 1.82) is 0 Å². The maximum Gasteiger partial charge on any atom is 0.237 e. The quantitative estimate of drug-likeness (QED) is 0.481. The molecule has 0 aromatic rings. The van der Waals surface area contributed by atoms with E-state index < -0.39 is 11.6 Å². The highest BCUT2D eigenvalue weighted by atomic mass is 16.3. The third kappa shape index (κ3) is 3.73. The molecule has 0 aromatic carbocycles. The van der Waals surface area contributed by atoms with E-state index >= 15 is 0 Å². The van der Waals surface area contributed by atoms with E-state index in [1.54, 1.807) is 6.92 Å². The Morgan fingerprint density at radius 1 is 1.38 bits per heavy atom. The lowest BCUT2D eigenvalue weighted by Crippen LogP contribution is -2.58. The summed E-state index contributed by atoms with van der Waals surface area (Å²) in [6, 6.07) is -0.603. The minimum absolute atomic E-state index is 0.0759. The van der Waals surface area contributed by atoms with Crippen LogP contribution in [-0.4, -0.2) is 40.9 Å². The van der Waals surface area contributed by atoms with Crippen LogP contribution in [0.5, 0.6) is 0 Å². The first-order chi connectivity index (χ1) is 7.46. The lowest BCUT2D eigenvalue weighted by atomic mass is 9.95. The third-order valence-corrected chi connectivity index (χ3v) is 3.23. The molecule has 0 aliphatic rings. The molecule has 0 fully saturated rings. The van der Waals surface area contributed by atoms with E-state index in [-0.39, 0.29) is 25.0 Å². The van der Waals surface area contributed by atoms with Gasteiger partial charge in [-0.05, 0) is 12.3 Å². The van der Waals surface area contributed by atoms with Crippen LogP contribution in [0.2, 0.25) is 0 Å². The number of carbonyl (C=O) groups is 1. The van der Waals surface area contributed by atoms with Crippen LogP contribution < -0.4 is 11.1 Å². The summed E-state index contributed by atoms with van der Waals surface area (Å²) >= 11 is 0. The highest BCUT2D eigenvalue weighted by Crippen LogP contribution is 2.11. The first kappa shape index (κ1) is 15.3.